The molecule has 1 amide bonds. The maximum atomic E-state index is 13.3. The van der Waals surface area contributed by atoms with Gasteiger partial charge in [-0.05, 0) is 30.0 Å². The van der Waals surface area contributed by atoms with Crippen molar-refractivity contribution in [3.63, 3.8) is 0 Å². The standard InChI is InChI=1S/C23H23FN4O4/c1-2-25-22(30)19-20(29)18-13-16(15-3-5-17(24)6-4-15)14-26-21(18)28(23(19)31)8-7-27-9-11-32-12-10-27/h2-6,13-14,29H,1,7-12H2,(H,25,30). The molecule has 0 radical (unpaired) electrons. The highest BCUT2D eigenvalue weighted by molar-refractivity contribution is 6.02. The zero-order valence-corrected chi connectivity index (χ0v) is 17.4. The number of hydrogen-bond acceptors (Lipinski definition) is 6. The summed E-state index contributed by atoms with van der Waals surface area (Å²) in [5, 5.41) is 13.5. The van der Waals surface area contributed by atoms with Crippen molar-refractivity contribution in [1.29, 1.82) is 0 Å². The van der Waals surface area contributed by atoms with Gasteiger partial charge in [0.15, 0.2) is 0 Å². The lowest BCUT2D eigenvalue weighted by atomic mass is 10.0. The number of hydrogen-bond donors (Lipinski definition) is 2. The lowest BCUT2D eigenvalue weighted by molar-refractivity contribution is 0.0364. The zero-order chi connectivity index (χ0) is 22.7. The number of pyridine rings is 2. The van der Waals surface area contributed by atoms with E-state index < -0.39 is 17.2 Å². The van der Waals surface area contributed by atoms with Crippen molar-refractivity contribution in [3.8, 4) is 16.9 Å². The Morgan fingerprint density at radius 2 is 1.94 bits per heavy atom. The number of benzene rings is 1. The molecule has 8 nitrogen and oxygen atoms in total. The van der Waals surface area contributed by atoms with Gasteiger partial charge in [0, 0.05) is 37.9 Å². The summed E-state index contributed by atoms with van der Waals surface area (Å²) in [6, 6.07) is 7.47. The number of halogens is 1. The molecule has 1 fully saturated rings. The summed E-state index contributed by atoms with van der Waals surface area (Å²) in [5.41, 5.74) is 0.550. The van der Waals surface area contributed by atoms with Crippen LogP contribution in [0.5, 0.6) is 5.75 Å². The average Bonchev–Trinajstić information content (AvgIpc) is 2.80. The molecule has 1 aliphatic heterocycles. The summed E-state index contributed by atoms with van der Waals surface area (Å²) in [4.78, 5) is 32.3. The van der Waals surface area contributed by atoms with E-state index in [2.05, 4.69) is 21.8 Å². The quantitative estimate of drug-likeness (QED) is 0.612. The van der Waals surface area contributed by atoms with Crippen molar-refractivity contribution in [2.45, 2.75) is 6.54 Å². The van der Waals surface area contributed by atoms with Gasteiger partial charge in [-0.25, -0.2) is 9.37 Å². The molecule has 3 heterocycles. The Morgan fingerprint density at radius 1 is 1.22 bits per heavy atom. The molecule has 2 N–H and O–H groups in total. The molecule has 2 aromatic heterocycles. The molecule has 0 bridgehead atoms. The van der Waals surface area contributed by atoms with E-state index in [9.17, 15) is 19.1 Å². The summed E-state index contributed by atoms with van der Waals surface area (Å²) in [6.07, 6.45) is 2.71. The number of nitrogens with zero attached hydrogens (tertiary/aromatic N) is 3. The average molecular weight is 438 g/mol. The number of rotatable bonds is 6. The third-order valence-corrected chi connectivity index (χ3v) is 5.45. The van der Waals surface area contributed by atoms with Crippen LogP contribution in [0.2, 0.25) is 0 Å². The van der Waals surface area contributed by atoms with Crippen molar-refractivity contribution < 1.29 is 19.0 Å². The van der Waals surface area contributed by atoms with Crippen LogP contribution in [0.1, 0.15) is 10.4 Å². The van der Waals surface area contributed by atoms with Crippen molar-refractivity contribution >= 4 is 16.9 Å². The van der Waals surface area contributed by atoms with E-state index in [1.165, 1.54) is 16.7 Å². The molecule has 1 aliphatic rings. The number of ether oxygens (including phenoxy) is 1. The lowest BCUT2D eigenvalue weighted by Crippen LogP contribution is -2.40. The fourth-order valence-corrected chi connectivity index (χ4v) is 3.76. The molecular formula is C23H23FN4O4. The fraction of sp³-hybridized carbons (Fsp3) is 0.261. The SMILES string of the molecule is C=CNC(=O)c1c(O)c2cc(-c3ccc(F)cc3)cnc2n(CCN2CCOCC2)c1=O. The molecule has 1 saturated heterocycles. The monoisotopic (exact) mass is 438 g/mol. The van der Waals surface area contributed by atoms with Gasteiger partial charge in [0.25, 0.3) is 11.5 Å². The fourth-order valence-electron chi connectivity index (χ4n) is 3.76. The first kappa shape index (κ1) is 21.7. The number of carbonyl (C=O) groups is 1. The van der Waals surface area contributed by atoms with E-state index in [0.717, 1.165) is 19.3 Å². The summed E-state index contributed by atoms with van der Waals surface area (Å²) >= 11 is 0. The topological polar surface area (TPSA) is 96.7 Å². The van der Waals surface area contributed by atoms with Crippen LogP contribution in [-0.4, -0.2) is 58.3 Å². The minimum absolute atomic E-state index is 0.252. The van der Waals surface area contributed by atoms with Crippen molar-refractivity contribution in [1.82, 2.24) is 19.8 Å². The van der Waals surface area contributed by atoms with Gasteiger partial charge in [-0.3, -0.25) is 19.1 Å². The van der Waals surface area contributed by atoms with Crippen molar-refractivity contribution in [2.24, 2.45) is 0 Å². The van der Waals surface area contributed by atoms with Crippen LogP contribution in [0.25, 0.3) is 22.2 Å². The smallest absolute Gasteiger partial charge is 0.268 e. The molecule has 0 atom stereocenters. The summed E-state index contributed by atoms with van der Waals surface area (Å²) in [5.74, 6) is -1.58. The van der Waals surface area contributed by atoms with Crippen LogP contribution in [0.15, 0.2) is 54.1 Å². The molecule has 9 heteroatoms. The molecule has 1 aromatic carbocycles. The largest absolute Gasteiger partial charge is 0.506 e. The molecule has 0 saturated carbocycles. The second kappa shape index (κ2) is 9.29. The highest BCUT2D eigenvalue weighted by Crippen LogP contribution is 2.30. The van der Waals surface area contributed by atoms with Crippen LogP contribution in [0.4, 0.5) is 4.39 Å². The maximum absolute atomic E-state index is 13.3. The molecule has 166 valence electrons. The first-order valence-corrected chi connectivity index (χ1v) is 10.2. The number of fused-ring (bicyclic) bond motifs is 1. The lowest BCUT2D eigenvalue weighted by Gasteiger charge is -2.27. The highest BCUT2D eigenvalue weighted by atomic mass is 19.1. The van der Waals surface area contributed by atoms with Gasteiger partial charge in [-0.1, -0.05) is 18.7 Å². The minimum Gasteiger partial charge on any atom is -0.506 e. The maximum Gasteiger partial charge on any atom is 0.268 e. The minimum atomic E-state index is -0.753. The molecule has 4 rings (SSSR count). The molecule has 32 heavy (non-hydrogen) atoms. The van der Waals surface area contributed by atoms with Crippen LogP contribution < -0.4 is 10.9 Å². The van der Waals surface area contributed by atoms with E-state index in [4.69, 9.17) is 4.74 Å². The molecule has 3 aromatic rings. The predicted octanol–water partition coefficient (Wildman–Crippen LogP) is 2.11. The van der Waals surface area contributed by atoms with E-state index in [1.54, 1.807) is 24.4 Å². The van der Waals surface area contributed by atoms with Gasteiger partial charge in [0.2, 0.25) is 0 Å². The second-order valence-electron chi connectivity index (χ2n) is 7.41. The summed E-state index contributed by atoms with van der Waals surface area (Å²) in [6.45, 7) is 7.03. The second-order valence-corrected chi connectivity index (χ2v) is 7.41. The van der Waals surface area contributed by atoms with Crippen LogP contribution in [-0.2, 0) is 11.3 Å². The Balaban J connectivity index is 1.83. The van der Waals surface area contributed by atoms with Gasteiger partial charge in [0.1, 0.15) is 22.8 Å². The first-order valence-electron chi connectivity index (χ1n) is 10.2. The Labute approximate surface area is 183 Å². The Morgan fingerprint density at radius 3 is 2.62 bits per heavy atom. The van der Waals surface area contributed by atoms with Crippen LogP contribution in [0, 0.1) is 5.82 Å². The number of amides is 1. The normalized spacial score (nSPS) is 14.4. The number of nitrogens with one attached hydrogen (secondary N) is 1. The van der Waals surface area contributed by atoms with Gasteiger partial charge in [-0.15, -0.1) is 0 Å². The Hall–Kier alpha value is -3.56. The van der Waals surface area contributed by atoms with Crippen LogP contribution >= 0.6 is 0 Å². The molecular weight excluding hydrogens is 415 g/mol. The molecule has 0 unspecified atom stereocenters. The summed E-state index contributed by atoms with van der Waals surface area (Å²) in [7, 11) is 0. The third kappa shape index (κ3) is 4.25. The van der Waals surface area contributed by atoms with E-state index in [0.29, 0.717) is 30.9 Å². The number of aromatic nitrogens is 2. The third-order valence-electron chi connectivity index (χ3n) is 5.45. The van der Waals surface area contributed by atoms with Crippen molar-refractivity contribution in [3.05, 3.63) is 71.0 Å². The van der Waals surface area contributed by atoms with Gasteiger partial charge >= 0.3 is 0 Å². The van der Waals surface area contributed by atoms with Gasteiger partial charge in [-0.2, -0.15) is 0 Å². The predicted molar refractivity (Wildman–Crippen MR) is 118 cm³/mol. The zero-order valence-electron chi connectivity index (χ0n) is 17.4. The summed E-state index contributed by atoms with van der Waals surface area (Å²) < 4.78 is 20.1. The Bertz CT molecular complexity index is 1220. The van der Waals surface area contributed by atoms with E-state index in [1.807, 2.05) is 0 Å². The molecule has 0 spiro atoms. The van der Waals surface area contributed by atoms with Crippen LogP contribution in [0.3, 0.4) is 0 Å². The first-order chi connectivity index (χ1) is 15.5. The number of morpholine rings is 1. The number of aromatic hydroxyl groups is 1. The van der Waals surface area contributed by atoms with E-state index in [-0.39, 0.29) is 29.0 Å². The Kier molecular flexibility index (Phi) is 6.29. The van der Waals surface area contributed by atoms with Gasteiger partial charge < -0.3 is 15.2 Å². The number of carbonyl (C=O) groups excluding carboxylic acids is 1. The van der Waals surface area contributed by atoms with Gasteiger partial charge in [0.05, 0.1) is 18.6 Å². The van der Waals surface area contributed by atoms with Crippen molar-refractivity contribution in [2.75, 3.05) is 32.8 Å². The molecule has 0 aliphatic carbocycles. The highest BCUT2D eigenvalue weighted by Gasteiger charge is 2.23. The van der Waals surface area contributed by atoms with E-state index >= 15 is 0 Å².